The van der Waals surface area contributed by atoms with E-state index >= 15 is 0 Å². The van der Waals surface area contributed by atoms with Gasteiger partial charge in [0.1, 0.15) is 0 Å². The SMILES string of the molecule is CN(C)c1ccc([C@H]2Nc3ccccc3NC3=C2C(=O)C[C@H](c2cccs2)C3)cc1. The van der Waals surface area contributed by atoms with Gasteiger partial charge in [-0.1, -0.05) is 30.3 Å². The molecule has 0 unspecified atom stereocenters. The first-order chi connectivity index (χ1) is 14.6. The molecule has 2 atom stereocenters. The first-order valence-electron chi connectivity index (χ1n) is 10.3. The van der Waals surface area contributed by atoms with E-state index in [0.717, 1.165) is 40.3 Å². The van der Waals surface area contributed by atoms with E-state index in [1.165, 1.54) is 4.88 Å². The quantitative estimate of drug-likeness (QED) is 0.568. The molecule has 1 aliphatic carbocycles. The first kappa shape index (κ1) is 18.9. The van der Waals surface area contributed by atoms with E-state index in [1.807, 2.05) is 26.2 Å². The largest absolute Gasteiger partial charge is 0.378 e. The number of carbonyl (C=O) groups is 1. The highest BCUT2D eigenvalue weighted by Gasteiger charge is 2.36. The van der Waals surface area contributed by atoms with Crippen molar-refractivity contribution in [3.8, 4) is 0 Å². The van der Waals surface area contributed by atoms with Crippen molar-refractivity contribution in [2.75, 3.05) is 29.6 Å². The highest BCUT2D eigenvalue weighted by molar-refractivity contribution is 7.10. The molecule has 1 aromatic heterocycles. The second kappa shape index (κ2) is 7.65. The number of nitrogens with zero attached hydrogens (tertiary/aromatic N) is 1. The minimum absolute atomic E-state index is 0.163. The van der Waals surface area contributed by atoms with Crippen molar-refractivity contribution < 1.29 is 4.79 Å². The number of carbonyl (C=O) groups excluding carboxylic acids is 1. The average molecular weight is 416 g/mol. The number of allylic oxidation sites excluding steroid dienone is 1. The van der Waals surface area contributed by atoms with Crippen LogP contribution >= 0.6 is 11.3 Å². The Morgan fingerprint density at radius 3 is 2.40 bits per heavy atom. The van der Waals surface area contributed by atoms with Gasteiger partial charge in [0.15, 0.2) is 5.78 Å². The second-order valence-electron chi connectivity index (χ2n) is 8.17. The van der Waals surface area contributed by atoms with Crippen molar-refractivity contribution in [3.05, 3.63) is 87.8 Å². The summed E-state index contributed by atoms with van der Waals surface area (Å²) < 4.78 is 0. The molecule has 0 bridgehead atoms. The van der Waals surface area contributed by atoms with Crippen LogP contribution in [-0.4, -0.2) is 19.9 Å². The summed E-state index contributed by atoms with van der Waals surface area (Å²) in [6.45, 7) is 0. The number of thiophene rings is 1. The van der Waals surface area contributed by atoms with Crippen molar-refractivity contribution >= 4 is 34.2 Å². The molecule has 0 amide bonds. The summed E-state index contributed by atoms with van der Waals surface area (Å²) in [6.07, 6.45) is 1.41. The van der Waals surface area contributed by atoms with Crippen molar-refractivity contribution in [2.24, 2.45) is 0 Å². The van der Waals surface area contributed by atoms with Crippen molar-refractivity contribution in [1.29, 1.82) is 0 Å². The van der Waals surface area contributed by atoms with Crippen molar-refractivity contribution in [2.45, 2.75) is 24.8 Å². The molecule has 0 radical (unpaired) electrons. The lowest BCUT2D eigenvalue weighted by atomic mass is 9.81. The Labute approximate surface area is 181 Å². The molecule has 4 nitrogen and oxygen atoms in total. The number of benzene rings is 2. The van der Waals surface area contributed by atoms with Gasteiger partial charge in [-0.15, -0.1) is 11.3 Å². The maximum atomic E-state index is 13.5. The van der Waals surface area contributed by atoms with E-state index in [4.69, 9.17) is 0 Å². The van der Waals surface area contributed by atoms with Crippen LogP contribution in [0.3, 0.4) is 0 Å². The van der Waals surface area contributed by atoms with Gasteiger partial charge >= 0.3 is 0 Å². The zero-order valence-electron chi connectivity index (χ0n) is 17.2. The summed E-state index contributed by atoms with van der Waals surface area (Å²) in [5, 5.41) is 9.35. The van der Waals surface area contributed by atoms with Gasteiger partial charge in [0.25, 0.3) is 0 Å². The fraction of sp³-hybridized carbons (Fsp3) is 0.240. The normalized spacial score (nSPS) is 20.5. The monoisotopic (exact) mass is 415 g/mol. The standard InChI is InChI=1S/C25H25N3OS/c1-28(2)18-11-9-16(10-12-18)25-24-21(26-19-6-3-4-7-20(19)27-25)14-17(15-22(24)29)23-8-5-13-30-23/h3-13,17,25-27H,14-15H2,1-2H3/t17-,25-/m1/s1. The summed E-state index contributed by atoms with van der Waals surface area (Å²) in [7, 11) is 4.07. The molecule has 1 aliphatic heterocycles. The van der Waals surface area contributed by atoms with Gasteiger partial charge in [-0.3, -0.25) is 4.79 Å². The van der Waals surface area contributed by atoms with Crippen molar-refractivity contribution in [1.82, 2.24) is 0 Å². The van der Waals surface area contributed by atoms with E-state index in [1.54, 1.807) is 11.3 Å². The molecule has 5 heteroatoms. The molecule has 2 aromatic carbocycles. The van der Waals surface area contributed by atoms with Crippen LogP contribution < -0.4 is 15.5 Å². The number of hydrogen-bond donors (Lipinski definition) is 2. The highest BCUT2D eigenvalue weighted by atomic mass is 32.1. The van der Waals surface area contributed by atoms with Crippen LogP contribution in [-0.2, 0) is 4.79 Å². The van der Waals surface area contributed by atoms with Crippen LogP contribution in [0.15, 0.2) is 77.3 Å². The lowest BCUT2D eigenvalue weighted by Crippen LogP contribution is -2.26. The predicted octanol–water partition coefficient (Wildman–Crippen LogP) is 5.79. The number of para-hydroxylation sites is 2. The summed E-state index contributed by atoms with van der Waals surface area (Å²) in [4.78, 5) is 16.8. The fourth-order valence-corrected chi connectivity index (χ4v) is 5.26. The molecule has 5 rings (SSSR count). The summed E-state index contributed by atoms with van der Waals surface area (Å²) in [5.74, 6) is 0.468. The van der Waals surface area contributed by atoms with Crippen LogP contribution in [0.2, 0.25) is 0 Å². The minimum Gasteiger partial charge on any atom is -0.378 e. The Morgan fingerprint density at radius 2 is 1.70 bits per heavy atom. The van der Waals surface area contributed by atoms with Gasteiger partial charge in [-0.05, 0) is 47.7 Å². The third kappa shape index (κ3) is 3.39. The Hall–Kier alpha value is -3.05. The predicted molar refractivity (Wildman–Crippen MR) is 126 cm³/mol. The van der Waals surface area contributed by atoms with Gasteiger partial charge in [0.05, 0.1) is 17.4 Å². The lowest BCUT2D eigenvalue weighted by Gasteiger charge is -2.29. The summed E-state index contributed by atoms with van der Waals surface area (Å²) >= 11 is 1.74. The van der Waals surface area contributed by atoms with E-state index < -0.39 is 0 Å². The fourth-order valence-electron chi connectivity index (χ4n) is 4.43. The Bertz CT molecular complexity index is 1100. The summed E-state index contributed by atoms with van der Waals surface area (Å²) in [5.41, 5.74) is 6.22. The van der Waals surface area contributed by atoms with Crippen LogP contribution in [0.5, 0.6) is 0 Å². The Morgan fingerprint density at radius 1 is 0.933 bits per heavy atom. The Balaban J connectivity index is 1.59. The van der Waals surface area contributed by atoms with E-state index in [9.17, 15) is 4.79 Å². The van der Waals surface area contributed by atoms with Crippen LogP contribution in [0.25, 0.3) is 0 Å². The van der Waals surface area contributed by atoms with Gasteiger partial charge in [0.2, 0.25) is 0 Å². The number of anilines is 3. The molecular weight excluding hydrogens is 390 g/mol. The smallest absolute Gasteiger partial charge is 0.163 e. The van der Waals surface area contributed by atoms with Crippen LogP contribution in [0.4, 0.5) is 17.1 Å². The van der Waals surface area contributed by atoms with Gasteiger partial charge in [-0.25, -0.2) is 0 Å². The number of nitrogens with one attached hydrogen (secondary N) is 2. The minimum atomic E-state index is -0.163. The highest BCUT2D eigenvalue weighted by Crippen LogP contribution is 2.44. The maximum Gasteiger partial charge on any atom is 0.163 e. The number of ketones is 1. The second-order valence-corrected chi connectivity index (χ2v) is 9.15. The van der Waals surface area contributed by atoms with Gasteiger partial charge < -0.3 is 15.5 Å². The van der Waals surface area contributed by atoms with Crippen molar-refractivity contribution in [3.63, 3.8) is 0 Å². The molecule has 30 heavy (non-hydrogen) atoms. The third-order valence-electron chi connectivity index (χ3n) is 6.00. The zero-order chi connectivity index (χ0) is 20.7. The molecular formula is C25H25N3OS. The topological polar surface area (TPSA) is 44.4 Å². The number of hydrogen-bond acceptors (Lipinski definition) is 5. The molecule has 0 saturated heterocycles. The molecule has 152 valence electrons. The first-order valence-corrected chi connectivity index (χ1v) is 11.2. The zero-order valence-corrected chi connectivity index (χ0v) is 18.0. The van der Waals surface area contributed by atoms with Crippen LogP contribution in [0, 0.1) is 0 Å². The number of Topliss-reactive ketones (excluding diaryl/α,β-unsaturated/α-hetero) is 1. The molecule has 2 heterocycles. The average Bonchev–Trinajstić information content (AvgIpc) is 3.23. The number of fused-ring (bicyclic) bond motifs is 1. The lowest BCUT2D eigenvalue weighted by molar-refractivity contribution is -0.116. The molecule has 3 aromatic rings. The van der Waals surface area contributed by atoms with Crippen LogP contribution in [0.1, 0.15) is 35.2 Å². The summed E-state index contributed by atoms with van der Waals surface area (Å²) in [6, 6.07) is 20.7. The molecule has 0 fully saturated rings. The Kier molecular flexibility index (Phi) is 4.83. The van der Waals surface area contributed by atoms with Gasteiger partial charge in [0, 0.05) is 48.3 Å². The van der Waals surface area contributed by atoms with E-state index in [-0.39, 0.29) is 17.7 Å². The maximum absolute atomic E-state index is 13.5. The van der Waals surface area contributed by atoms with E-state index in [2.05, 4.69) is 69.4 Å². The molecule has 0 spiro atoms. The van der Waals surface area contributed by atoms with Gasteiger partial charge in [-0.2, -0.15) is 0 Å². The van der Waals surface area contributed by atoms with E-state index in [0.29, 0.717) is 6.42 Å². The third-order valence-corrected chi connectivity index (χ3v) is 7.03. The molecule has 0 saturated carbocycles. The molecule has 2 N–H and O–H groups in total. The molecule has 2 aliphatic rings. The number of rotatable bonds is 3.